The normalized spacial score (nSPS) is 21.1. The van der Waals surface area contributed by atoms with Crippen LogP contribution in [0.2, 0.25) is 0 Å². The quantitative estimate of drug-likeness (QED) is 0.739. The van der Waals surface area contributed by atoms with Crippen LogP contribution in [0.15, 0.2) is 24.3 Å². The summed E-state index contributed by atoms with van der Waals surface area (Å²) in [6.45, 7) is 0.514. The molecule has 1 saturated heterocycles. The molecule has 3 rings (SSSR count). The number of rotatable bonds is 1. The fourth-order valence-electron chi connectivity index (χ4n) is 3.20. The van der Waals surface area contributed by atoms with E-state index in [1.54, 1.807) is 12.1 Å². The van der Waals surface area contributed by atoms with Crippen molar-refractivity contribution in [1.82, 2.24) is 4.90 Å². The van der Waals surface area contributed by atoms with E-state index >= 15 is 0 Å². The summed E-state index contributed by atoms with van der Waals surface area (Å²) < 4.78 is 18.9. The maximum Gasteiger partial charge on any atom is 0.332 e. The fourth-order valence-corrected chi connectivity index (χ4v) is 3.20. The van der Waals surface area contributed by atoms with Crippen molar-refractivity contribution in [3.05, 3.63) is 35.6 Å². The van der Waals surface area contributed by atoms with Crippen LogP contribution in [0.5, 0.6) is 0 Å². The van der Waals surface area contributed by atoms with Crippen molar-refractivity contribution in [1.29, 1.82) is 0 Å². The molecule has 1 amide bonds. The third-order valence-electron chi connectivity index (χ3n) is 4.22. The number of morpholine rings is 1. The van der Waals surface area contributed by atoms with Crippen molar-refractivity contribution in [2.75, 3.05) is 13.2 Å². The van der Waals surface area contributed by atoms with Gasteiger partial charge in [-0.05, 0) is 25.0 Å². The summed E-state index contributed by atoms with van der Waals surface area (Å²) in [7, 11) is 0. The van der Waals surface area contributed by atoms with Gasteiger partial charge in [-0.25, -0.2) is 9.18 Å². The van der Waals surface area contributed by atoms with E-state index < -0.39 is 17.3 Å². The Hall–Kier alpha value is -1.91. The zero-order chi connectivity index (χ0) is 14.2. The standard InChI is InChI=1S/C15H16FNO3/c16-12-6-2-1-5-11(12)13(18)17-9-10-20-14(19)15(17)7-3-4-8-15/h1-2,5-6H,3-4,7-10H2. The molecule has 5 heteroatoms. The molecular formula is C15H16FNO3. The number of amides is 1. The van der Waals surface area contributed by atoms with Gasteiger partial charge in [0.05, 0.1) is 12.1 Å². The second-order valence-corrected chi connectivity index (χ2v) is 5.31. The number of nitrogens with zero attached hydrogens (tertiary/aromatic N) is 1. The minimum absolute atomic E-state index is 0.0217. The molecule has 2 fully saturated rings. The van der Waals surface area contributed by atoms with Crippen LogP contribution in [0.1, 0.15) is 36.0 Å². The van der Waals surface area contributed by atoms with Crippen LogP contribution in [0.4, 0.5) is 4.39 Å². The van der Waals surface area contributed by atoms with E-state index in [-0.39, 0.29) is 18.1 Å². The van der Waals surface area contributed by atoms with Crippen molar-refractivity contribution in [3.63, 3.8) is 0 Å². The molecule has 0 aromatic heterocycles. The SMILES string of the molecule is O=C(c1ccccc1F)N1CCOC(=O)C12CCCC2. The fraction of sp³-hybridized carbons (Fsp3) is 0.467. The molecule has 1 aliphatic carbocycles. The lowest BCUT2D eigenvalue weighted by molar-refractivity contribution is -0.164. The summed E-state index contributed by atoms with van der Waals surface area (Å²) >= 11 is 0. The van der Waals surface area contributed by atoms with Crippen molar-refractivity contribution < 1.29 is 18.7 Å². The highest BCUT2D eigenvalue weighted by Crippen LogP contribution is 2.39. The summed E-state index contributed by atoms with van der Waals surface area (Å²) in [6.07, 6.45) is 2.98. The highest BCUT2D eigenvalue weighted by molar-refractivity contribution is 5.99. The van der Waals surface area contributed by atoms with Gasteiger partial charge >= 0.3 is 5.97 Å². The largest absolute Gasteiger partial charge is 0.462 e. The molecule has 20 heavy (non-hydrogen) atoms. The first-order valence-electron chi connectivity index (χ1n) is 6.89. The van der Waals surface area contributed by atoms with Gasteiger partial charge in [-0.2, -0.15) is 0 Å². The number of ether oxygens (including phenoxy) is 1. The summed E-state index contributed by atoms with van der Waals surface area (Å²) in [5, 5.41) is 0. The third-order valence-corrected chi connectivity index (χ3v) is 4.22. The van der Waals surface area contributed by atoms with Gasteiger partial charge in [0, 0.05) is 0 Å². The summed E-state index contributed by atoms with van der Waals surface area (Å²) in [5.74, 6) is -1.31. The molecule has 1 heterocycles. The average Bonchev–Trinajstić information content (AvgIpc) is 2.92. The lowest BCUT2D eigenvalue weighted by atomic mass is 9.92. The van der Waals surface area contributed by atoms with Crippen LogP contribution in [0, 0.1) is 5.82 Å². The van der Waals surface area contributed by atoms with E-state index in [0.717, 1.165) is 12.8 Å². The Balaban J connectivity index is 1.97. The molecule has 0 radical (unpaired) electrons. The molecule has 2 aliphatic rings. The van der Waals surface area contributed by atoms with Crippen LogP contribution in [-0.4, -0.2) is 35.5 Å². The Labute approximate surface area is 116 Å². The molecule has 1 spiro atoms. The number of carbonyl (C=O) groups excluding carboxylic acids is 2. The van der Waals surface area contributed by atoms with Crippen LogP contribution in [0.25, 0.3) is 0 Å². The van der Waals surface area contributed by atoms with Gasteiger partial charge in [0.1, 0.15) is 18.0 Å². The lowest BCUT2D eigenvalue weighted by Crippen LogP contribution is -2.60. The molecule has 1 aliphatic heterocycles. The van der Waals surface area contributed by atoms with Crippen molar-refractivity contribution in [2.24, 2.45) is 0 Å². The van der Waals surface area contributed by atoms with Crippen LogP contribution < -0.4 is 0 Å². The maximum absolute atomic E-state index is 13.8. The van der Waals surface area contributed by atoms with Crippen molar-refractivity contribution in [2.45, 2.75) is 31.2 Å². The van der Waals surface area contributed by atoms with E-state index in [1.165, 1.54) is 17.0 Å². The van der Waals surface area contributed by atoms with Crippen LogP contribution in [0.3, 0.4) is 0 Å². The van der Waals surface area contributed by atoms with Gasteiger partial charge in [0.2, 0.25) is 0 Å². The molecule has 4 nitrogen and oxygen atoms in total. The zero-order valence-corrected chi connectivity index (χ0v) is 11.1. The minimum Gasteiger partial charge on any atom is -0.462 e. The molecule has 0 N–H and O–H groups in total. The molecular weight excluding hydrogens is 261 g/mol. The summed E-state index contributed by atoms with van der Waals surface area (Å²) in [6, 6.07) is 5.89. The highest BCUT2D eigenvalue weighted by atomic mass is 19.1. The molecule has 1 aromatic carbocycles. The number of benzene rings is 1. The van der Waals surface area contributed by atoms with E-state index in [9.17, 15) is 14.0 Å². The topological polar surface area (TPSA) is 46.6 Å². The van der Waals surface area contributed by atoms with E-state index in [4.69, 9.17) is 4.74 Å². The smallest absolute Gasteiger partial charge is 0.332 e. The van der Waals surface area contributed by atoms with Gasteiger partial charge in [0.25, 0.3) is 5.91 Å². The second-order valence-electron chi connectivity index (χ2n) is 5.31. The second kappa shape index (κ2) is 4.89. The van der Waals surface area contributed by atoms with Gasteiger partial charge in [-0.3, -0.25) is 4.79 Å². The first-order chi connectivity index (χ1) is 9.65. The summed E-state index contributed by atoms with van der Waals surface area (Å²) in [4.78, 5) is 26.3. The first-order valence-corrected chi connectivity index (χ1v) is 6.89. The van der Waals surface area contributed by atoms with Gasteiger partial charge in [-0.15, -0.1) is 0 Å². The Morgan fingerprint density at radius 2 is 1.95 bits per heavy atom. The Kier molecular flexibility index (Phi) is 3.20. The minimum atomic E-state index is -0.877. The Bertz CT molecular complexity index is 552. The number of esters is 1. The molecule has 1 aromatic rings. The third kappa shape index (κ3) is 1.88. The van der Waals surface area contributed by atoms with Crippen molar-refractivity contribution >= 4 is 11.9 Å². The van der Waals surface area contributed by atoms with E-state index in [1.807, 2.05) is 0 Å². The number of carbonyl (C=O) groups is 2. The van der Waals surface area contributed by atoms with Crippen LogP contribution >= 0.6 is 0 Å². The first kappa shape index (κ1) is 13.1. The molecule has 0 bridgehead atoms. The molecule has 106 valence electrons. The van der Waals surface area contributed by atoms with Gasteiger partial charge in [-0.1, -0.05) is 25.0 Å². The molecule has 1 saturated carbocycles. The number of hydrogen-bond acceptors (Lipinski definition) is 3. The summed E-state index contributed by atoms with van der Waals surface area (Å²) in [5.41, 5.74) is -0.856. The predicted molar refractivity (Wildman–Crippen MR) is 69.6 cm³/mol. The lowest BCUT2D eigenvalue weighted by Gasteiger charge is -2.42. The monoisotopic (exact) mass is 277 g/mol. The number of halogens is 1. The highest BCUT2D eigenvalue weighted by Gasteiger charge is 2.52. The molecule has 0 unspecified atom stereocenters. The Morgan fingerprint density at radius 1 is 1.25 bits per heavy atom. The Morgan fingerprint density at radius 3 is 2.65 bits per heavy atom. The van der Waals surface area contributed by atoms with E-state index in [2.05, 4.69) is 0 Å². The van der Waals surface area contributed by atoms with E-state index in [0.29, 0.717) is 19.4 Å². The average molecular weight is 277 g/mol. The number of hydrogen-bond donors (Lipinski definition) is 0. The van der Waals surface area contributed by atoms with Gasteiger partial charge < -0.3 is 9.64 Å². The molecule has 0 atom stereocenters. The van der Waals surface area contributed by atoms with Crippen LogP contribution in [-0.2, 0) is 9.53 Å². The maximum atomic E-state index is 13.8. The predicted octanol–water partition coefficient (Wildman–Crippen LogP) is 2.14. The zero-order valence-electron chi connectivity index (χ0n) is 11.1. The van der Waals surface area contributed by atoms with Crippen molar-refractivity contribution in [3.8, 4) is 0 Å². The number of cyclic esters (lactones) is 1. The van der Waals surface area contributed by atoms with Gasteiger partial charge in [0.15, 0.2) is 0 Å².